The van der Waals surface area contributed by atoms with Crippen LogP contribution in [-0.2, 0) is 13.0 Å². The number of hydrogen-bond donors (Lipinski definition) is 2. The average Bonchev–Trinajstić information content (AvgIpc) is 2.82. The Bertz CT molecular complexity index is 552. The zero-order valence-electron chi connectivity index (χ0n) is 11.1. The summed E-state index contributed by atoms with van der Waals surface area (Å²) in [5, 5.41) is 4.34. The van der Waals surface area contributed by atoms with E-state index < -0.39 is 0 Å². The SMILES string of the molecule is CCc1cnccc1C(NN)c1c(Br)cnn1CC. The highest BCUT2D eigenvalue weighted by atomic mass is 79.9. The summed E-state index contributed by atoms with van der Waals surface area (Å²) in [6, 6.07) is 1.90. The molecule has 0 aromatic carbocycles. The van der Waals surface area contributed by atoms with Crippen LogP contribution in [0, 0.1) is 0 Å². The normalized spacial score (nSPS) is 12.6. The van der Waals surface area contributed by atoms with Crippen molar-refractivity contribution in [3.05, 3.63) is 46.0 Å². The Balaban J connectivity index is 2.53. The molecule has 0 aliphatic rings. The van der Waals surface area contributed by atoms with Crippen molar-refractivity contribution < 1.29 is 0 Å². The Morgan fingerprint density at radius 2 is 2.21 bits per heavy atom. The van der Waals surface area contributed by atoms with Crippen LogP contribution in [0.25, 0.3) is 0 Å². The Morgan fingerprint density at radius 1 is 1.42 bits per heavy atom. The number of nitrogens with zero attached hydrogens (tertiary/aromatic N) is 3. The van der Waals surface area contributed by atoms with E-state index >= 15 is 0 Å². The van der Waals surface area contributed by atoms with Gasteiger partial charge in [-0.05, 0) is 46.5 Å². The summed E-state index contributed by atoms with van der Waals surface area (Å²) in [7, 11) is 0. The first kappa shape index (κ1) is 14.2. The van der Waals surface area contributed by atoms with E-state index in [-0.39, 0.29) is 6.04 Å². The predicted octanol–water partition coefficient (Wildman–Crippen LogP) is 2.18. The van der Waals surface area contributed by atoms with Crippen molar-refractivity contribution in [2.24, 2.45) is 5.84 Å². The quantitative estimate of drug-likeness (QED) is 0.653. The summed E-state index contributed by atoms with van der Waals surface area (Å²) >= 11 is 3.55. The lowest BCUT2D eigenvalue weighted by Crippen LogP contribution is -2.31. The van der Waals surface area contributed by atoms with Crippen LogP contribution in [0.1, 0.15) is 36.7 Å². The summed E-state index contributed by atoms with van der Waals surface area (Å²) in [5.41, 5.74) is 6.24. The van der Waals surface area contributed by atoms with E-state index in [1.807, 2.05) is 16.9 Å². The second kappa shape index (κ2) is 6.27. The largest absolute Gasteiger partial charge is 0.271 e. The minimum absolute atomic E-state index is 0.102. The van der Waals surface area contributed by atoms with Crippen LogP contribution in [-0.4, -0.2) is 14.8 Å². The third-order valence-corrected chi connectivity index (χ3v) is 3.82. The molecule has 0 spiro atoms. The molecular formula is C13H18BrN5. The minimum Gasteiger partial charge on any atom is -0.271 e. The molecule has 2 aromatic rings. The smallest absolute Gasteiger partial charge is 0.0893 e. The zero-order valence-corrected chi connectivity index (χ0v) is 12.7. The molecule has 102 valence electrons. The fraction of sp³-hybridized carbons (Fsp3) is 0.385. The Hall–Kier alpha value is -1.24. The molecule has 5 nitrogen and oxygen atoms in total. The molecule has 0 saturated carbocycles. The van der Waals surface area contributed by atoms with Crippen molar-refractivity contribution in [3.63, 3.8) is 0 Å². The number of nitrogens with one attached hydrogen (secondary N) is 1. The maximum Gasteiger partial charge on any atom is 0.0893 e. The number of aryl methyl sites for hydroxylation is 2. The minimum atomic E-state index is -0.102. The van der Waals surface area contributed by atoms with Crippen molar-refractivity contribution in [1.82, 2.24) is 20.2 Å². The molecule has 0 radical (unpaired) electrons. The van der Waals surface area contributed by atoms with Gasteiger partial charge in [-0.3, -0.25) is 15.5 Å². The summed E-state index contributed by atoms with van der Waals surface area (Å²) in [6.45, 7) is 4.97. The Morgan fingerprint density at radius 3 is 2.84 bits per heavy atom. The van der Waals surface area contributed by atoms with Crippen molar-refractivity contribution in [2.75, 3.05) is 0 Å². The van der Waals surface area contributed by atoms with Gasteiger partial charge in [0.05, 0.1) is 22.4 Å². The number of hydrogen-bond acceptors (Lipinski definition) is 4. The number of rotatable bonds is 5. The number of aromatic nitrogens is 3. The van der Waals surface area contributed by atoms with E-state index in [2.05, 4.69) is 45.3 Å². The van der Waals surface area contributed by atoms with E-state index in [0.29, 0.717) is 0 Å². The predicted molar refractivity (Wildman–Crippen MR) is 78.4 cm³/mol. The molecule has 1 atom stereocenters. The molecule has 0 aliphatic heterocycles. The molecule has 2 rings (SSSR count). The van der Waals surface area contributed by atoms with Gasteiger partial charge in [-0.1, -0.05) is 6.92 Å². The third kappa shape index (κ3) is 2.70. The van der Waals surface area contributed by atoms with E-state index in [1.54, 1.807) is 12.4 Å². The highest BCUT2D eigenvalue weighted by Crippen LogP contribution is 2.29. The molecule has 19 heavy (non-hydrogen) atoms. The lowest BCUT2D eigenvalue weighted by Gasteiger charge is -2.20. The molecule has 6 heteroatoms. The number of hydrazine groups is 1. The summed E-state index contributed by atoms with van der Waals surface area (Å²) in [4.78, 5) is 4.18. The highest BCUT2D eigenvalue weighted by molar-refractivity contribution is 9.10. The fourth-order valence-electron chi connectivity index (χ4n) is 2.24. The van der Waals surface area contributed by atoms with Gasteiger partial charge in [0, 0.05) is 18.9 Å². The highest BCUT2D eigenvalue weighted by Gasteiger charge is 2.22. The van der Waals surface area contributed by atoms with Crippen LogP contribution in [0.2, 0.25) is 0 Å². The Kier molecular flexibility index (Phi) is 4.68. The van der Waals surface area contributed by atoms with Crippen LogP contribution < -0.4 is 11.3 Å². The first-order valence-corrected chi connectivity index (χ1v) is 7.12. The van der Waals surface area contributed by atoms with Gasteiger partial charge in [0.25, 0.3) is 0 Å². The number of halogens is 1. The molecule has 1 unspecified atom stereocenters. The van der Waals surface area contributed by atoms with Gasteiger partial charge in [0.2, 0.25) is 0 Å². The van der Waals surface area contributed by atoms with E-state index in [1.165, 1.54) is 5.56 Å². The van der Waals surface area contributed by atoms with Crippen molar-refractivity contribution in [2.45, 2.75) is 32.9 Å². The van der Waals surface area contributed by atoms with Gasteiger partial charge < -0.3 is 0 Å². The first-order valence-electron chi connectivity index (χ1n) is 6.33. The van der Waals surface area contributed by atoms with Crippen LogP contribution in [0.4, 0.5) is 0 Å². The lowest BCUT2D eigenvalue weighted by atomic mass is 9.99. The van der Waals surface area contributed by atoms with Crippen LogP contribution in [0.15, 0.2) is 29.1 Å². The van der Waals surface area contributed by atoms with E-state index in [9.17, 15) is 0 Å². The summed E-state index contributed by atoms with van der Waals surface area (Å²) in [6.07, 6.45) is 6.40. The number of pyridine rings is 1. The molecule has 0 saturated heterocycles. The topological polar surface area (TPSA) is 68.8 Å². The van der Waals surface area contributed by atoms with Gasteiger partial charge in [-0.25, -0.2) is 5.43 Å². The summed E-state index contributed by atoms with van der Waals surface area (Å²) < 4.78 is 2.89. The summed E-state index contributed by atoms with van der Waals surface area (Å²) in [5.74, 6) is 5.78. The van der Waals surface area contributed by atoms with Gasteiger partial charge in [0.1, 0.15) is 0 Å². The van der Waals surface area contributed by atoms with Crippen LogP contribution in [0.5, 0.6) is 0 Å². The number of nitrogens with two attached hydrogens (primary N) is 1. The molecule has 2 heterocycles. The second-order valence-corrected chi connectivity index (χ2v) is 5.08. The fourth-order valence-corrected chi connectivity index (χ4v) is 2.77. The van der Waals surface area contributed by atoms with Gasteiger partial charge >= 0.3 is 0 Å². The van der Waals surface area contributed by atoms with Gasteiger partial charge in [-0.15, -0.1) is 0 Å². The average molecular weight is 324 g/mol. The van der Waals surface area contributed by atoms with Crippen LogP contribution in [0.3, 0.4) is 0 Å². The third-order valence-electron chi connectivity index (χ3n) is 3.21. The molecular weight excluding hydrogens is 306 g/mol. The van der Waals surface area contributed by atoms with Crippen molar-refractivity contribution in [3.8, 4) is 0 Å². The molecule has 0 amide bonds. The van der Waals surface area contributed by atoms with Crippen molar-refractivity contribution in [1.29, 1.82) is 0 Å². The van der Waals surface area contributed by atoms with Crippen LogP contribution >= 0.6 is 15.9 Å². The van der Waals surface area contributed by atoms with E-state index in [4.69, 9.17) is 5.84 Å². The van der Waals surface area contributed by atoms with Gasteiger partial charge in [0.15, 0.2) is 0 Å². The standard InChI is InChI=1S/C13H18BrN5/c1-3-9-7-16-6-5-10(9)12(18-15)13-11(14)8-17-19(13)4-2/h5-8,12,18H,3-4,15H2,1-2H3. The molecule has 2 aromatic heterocycles. The lowest BCUT2D eigenvalue weighted by molar-refractivity contribution is 0.539. The molecule has 0 aliphatic carbocycles. The first-order chi connectivity index (χ1) is 9.22. The maximum atomic E-state index is 5.78. The monoisotopic (exact) mass is 323 g/mol. The van der Waals surface area contributed by atoms with Crippen molar-refractivity contribution >= 4 is 15.9 Å². The maximum absolute atomic E-state index is 5.78. The Labute approximate surface area is 121 Å². The second-order valence-electron chi connectivity index (χ2n) is 4.22. The van der Waals surface area contributed by atoms with E-state index in [0.717, 1.165) is 28.7 Å². The molecule has 3 N–H and O–H groups in total. The van der Waals surface area contributed by atoms with Gasteiger partial charge in [-0.2, -0.15) is 5.10 Å². The zero-order chi connectivity index (χ0) is 13.8. The molecule has 0 bridgehead atoms. The molecule has 0 fully saturated rings.